The lowest BCUT2D eigenvalue weighted by atomic mass is 10.2. The molecular formula is C18H20FN3O4S. The second-order valence-electron chi connectivity index (χ2n) is 6.62. The molecule has 0 spiro atoms. The maximum atomic E-state index is 14.3. The second-order valence-corrected chi connectivity index (χ2v) is 8.51. The van der Waals surface area contributed by atoms with Gasteiger partial charge in [0, 0.05) is 31.7 Å². The zero-order chi connectivity index (χ0) is 19.8. The number of piperazine rings is 1. The van der Waals surface area contributed by atoms with Gasteiger partial charge in [-0.15, -0.1) is 0 Å². The summed E-state index contributed by atoms with van der Waals surface area (Å²) < 4.78 is 41.5. The van der Waals surface area contributed by atoms with Crippen molar-refractivity contribution in [1.82, 2.24) is 4.31 Å². The van der Waals surface area contributed by atoms with Gasteiger partial charge in [-0.25, -0.2) is 12.8 Å². The van der Waals surface area contributed by atoms with E-state index in [0.717, 1.165) is 11.6 Å². The number of nitro groups is 1. The molecule has 27 heavy (non-hydrogen) atoms. The van der Waals surface area contributed by atoms with Crippen molar-refractivity contribution in [2.75, 3.05) is 24.5 Å². The lowest BCUT2D eigenvalue weighted by Crippen LogP contribution is -2.54. The molecule has 0 bridgehead atoms. The Morgan fingerprint density at radius 1 is 1.15 bits per heavy atom. The van der Waals surface area contributed by atoms with Crippen LogP contribution in [0, 0.1) is 22.9 Å². The Labute approximate surface area is 157 Å². The average Bonchev–Trinajstić information content (AvgIpc) is 2.61. The molecule has 3 rings (SSSR count). The van der Waals surface area contributed by atoms with E-state index in [4.69, 9.17) is 0 Å². The number of hydrogen-bond acceptors (Lipinski definition) is 5. The first-order chi connectivity index (χ1) is 12.7. The van der Waals surface area contributed by atoms with Gasteiger partial charge in [-0.3, -0.25) is 10.1 Å². The van der Waals surface area contributed by atoms with E-state index in [1.54, 1.807) is 36.1 Å². The van der Waals surface area contributed by atoms with Gasteiger partial charge in [-0.2, -0.15) is 4.31 Å². The minimum absolute atomic E-state index is 0.202. The van der Waals surface area contributed by atoms with Crippen molar-refractivity contribution in [3.8, 4) is 0 Å². The SMILES string of the molecule is Cc1ccc(S(=O)(=O)N2CCN(c3ccc([N+](=O)[O-])cc3F)CC2C)cc1. The van der Waals surface area contributed by atoms with Gasteiger partial charge in [0.15, 0.2) is 5.82 Å². The molecule has 2 aromatic carbocycles. The van der Waals surface area contributed by atoms with Crippen LogP contribution >= 0.6 is 0 Å². The summed E-state index contributed by atoms with van der Waals surface area (Å²) in [5.41, 5.74) is 0.894. The van der Waals surface area contributed by atoms with Crippen LogP contribution in [0.2, 0.25) is 0 Å². The number of sulfonamides is 1. The molecule has 0 aromatic heterocycles. The Hall–Kier alpha value is -2.52. The summed E-state index contributed by atoms with van der Waals surface area (Å²) >= 11 is 0. The first-order valence-corrected chi connectivity index (χ1v) is 9.91. The molecule has 0 saturated carbocycles. The average molecular weight is 393 g/mol. The highest BCUT2D eigenvalue weighted by molar-refractivity contribution is 7.89. The first kappa shape index (κ1) is 19.2. The van der Waals surface area contributed by atoms with E-state index in [-0.39, 0.29) is 28.9 Å². The van der Waals surface area contributed by atoms with Crippen LogP contribution in [0.15, 0.2) is 47.4 Å². The number of non-ortho nitro benzene ring substituents is 1. The van der Waals surface area contributed by atoms with E-state index < -0.39 is 20.8 Å². The molecule has 1 aliphatic heterocycles. The van der Waals surface area contributed by atoms with E-state index in [2.05, 4.69) is 0 Å². The second kappa shape index (κ2) is 7.24. The predicted molar refractivity (Wildman–Crippen MR) is 99.8 cm³/mol. The summed E-state index contributed by atoms with van der Waals surface area (Å²) in [5, 5.41) is 10.8. The Balaban J connectivity index is 1.80. The van der Waals surface area contributed by atoms with Gasteiger partial charge >= 0.3 is 0 Å². The quantitative estimate of drug-likeness (QED) is 0.589. The van der Waals surface area contributed by atoms with E-state index in [1.807, 2.05) is 6.92 Å². The monoisotopic (exact) mass is 393 g/mol. The molecule has 1 aliphatic rings. The third-order valence-electron chi connectivity index (χ3n) is 4.68. The van der Waals surface area contributed by atoms with Gasteiger partial charge in [0.05, 0.1) is 21.6 Å². The van der Waals surface area contributed by atoms with Crippen LogP contribution < -0.4 is 4.90 Å². The molecule has 7 nitrogen and oxygen atoms in total. The first-order valence-electron chi connectivity index (χ1n) is 8.47. The van der Waals surface area contributed by atoms with Crippen LogP contribution in [0.4, 0.5) is 15.8 Å². The van der Waals surface area contributed by atoms with Crippen LogP contribution in [0.25, 0.3) is 0 Å². The van der Waals surface area contributed by atoms with Crippen molar-refractivity contribution in [3.63, 3.8) is 0 Å². The molecule has 0 aliphatic carbocycles. The lowest BCUT2D eigenvalue weighted by molar-refractivity contribution is -0.385. The molecule has 0 radical (unpaired) electrons. The summed E-state index contributed by atoms with van der Waals surface area (Å²) in [7, 11) is -3.64. The number of halogens is 1. The molecule has 144 valence electrons. The standard InChI is InChI=1S/C18H20FN3O4S/c1-13-3-6-16(7-4-13)27(25,26)21-10-9-20(12-14(21)2)18-8-5-15(22(23)24)11-17(18)19/h3-8,11,14H,9-10,12H2,1-2H3. The van der Waals surface area contributed by atoms with Crippen molar-refractivity contribution >= 4 is 21.4 Å². The minimum Gasteiger partial charge on any atom is -0.366 e. The van der Waals surface area contributed by atoms with Crippen molar-refractivity contribution in [2.24, 2.45) is 0 Å². The number of anilines is 1. The largest absolute Gasteiger partial charge is 0.366 e. The third-order valence-corrected chi connectivity index (χ3v) is 6.70. The molecule has 1 heterocycles. The molecular weight excluding hydrogens is 373 g/mol. The summed E-state index contributed by atoms with van der Waals surface area (Å²) in [6.07, 6.45) is 0. The Morgan fingerprint density at radius 2 is 1.81 bits per heavy atom. The Bertz CT molecular complexity index is 963. The fraction of sp³-hybridized carbons (Fsp3) is 0.333. The summed E-state index contributed by atoms with van der Waals surface area (Å²) in [6, 6.07) is 9.79. The maximum absolute atomic E-state index is 14.3. The van der Waals surface area contributed by atoms with Crippen LogP contribution in [0.1, 0.15) is 12.5 Å². The van der Waals surface area contributed by atoms with E-state index in [9.17, 15) is 22.9 Å². The van der Waals surface area contributed by atoms with Crippen LogP contribution in [0.3, 0.4) is 0 Å². The topological polar surface area (TPSA) is 83.8 Å². The highest BCUT2D eigenvalue weighted by Gasteiger charge is 2.34. The van der Waals surface area contributed by atoms with Gasteiger partial charge in [0.25, 0.3) is 5.69 Å². The van der Waals surface area contributed by atoms with Gasteiger partial charge in [0.1, 0.15) is 0 Å². The molecule has 1 unspecified atom stereocenters. The Morgan fingerprint density at radius 3 is 2.37 bits per heavy atom. The van der Waals surface area contributed by atoms with E-state index >= 15 is 0 Å². The highest BCUT2D eigenvalue weighted by Crippen LogP contribution is 2.28. The van der Waals surface area contributed by atoms with Gasteiger partial charge < -0.3 is 4.90 Å². The molecule has 1 saturated heterocycles. The van der Waals surface area contributed by atoms with Crippen molar-refractivity contribution in [3.05, 3.63) is 64.0 Å². The summed E-state index contributed by atoms with van der Waals surface area (Å²) in [4.78, 5) is 12.0. The number of hydrogen-bond donors (Lipinski definition) is 0. The number of nitro benzene ring substituents is 1. The lowest BCUT2D eigenvalue weighted by Gasteiger charge is -2.40. The van der Waals surface area contributed by atoms with Crippen LogP contribution in [-0.2, 0) is 10.0 Å². The third kappa shape index (κ3) is 3.79. The number of nitrogens with zero attached hydrogens (tertiary/aromatic N) is 3. The molecule has 9 heteroatoms. The fourth-order valence-corrected chi connectivity index (χ4v) is 4.84. The van der Waals surface area contributed by atoms with Crippen LogP contribution in [-0.4, -0.2) is 43.3 Å². The van der Waals surface area contributed by atoms with Crippen molar-refractivity contribution < 1.29 is 17.7 Å². The summed E-state index contributed by atoms with van der Waals surface area (Å²) in [5.74, 6) is -0.689. The molecule has 1 atom stereocenters. The maximum Gasteiger partial charge on any atom is 0.272 e. The summed E-state index contributed by atoms with van der Waals surface area (Å²) in [6.45, 7) is 4.44. The smallest absolute Gasteiger partial charge is 0.272 e. The number of rotatable bonds is 4. The zero-order valence-electron chi connectivity index (χ0n) is 15.0. The van der Waals surface area contributed by atoms with Gasteiger partial charge in [-0.1, -0.05) is 17.7 Å². The normalized spacial score (nSPS) is 18.5. The van der Waals surface area contributed by atoms with Crippen LogP contribution in [0.5, 0.6) is 0 Å². The number of aryl methyl sites for hydroxylation is 1. The van der Waals surface area contributed by atoms with Gasteiger partial charge in [-0.05, 0) is 32.0 Å². The predicted octanol–water partition coefficient (Wildman–Crippen LogP) is 2.94. The van der Waals surface area contributed by atoms with E-state index in [1.165, 1.54) is 16.4 Å². The molecule has 1 fully saturated rings. The number of benzene rings is 2. The Kier molecular flexibility index (Phi) is 5.16. The minimum atomic E-state index is -3.64. The highest BCUT2D eigenvalue weighted by atomic mass is 32.2. The van der Waals surface area contributed by atoms with Crippen molar-refractivity contribution in [2.45, 2.75) is 24.8 Å². The van der Waals surface area contributed by atoms with Gasteiger partial charge in [0.2, 0.25) is 10.0 Å². The van der Waals surface area contributed by atoms with E-state index in [0.29, 0.717) is 13.1 Å². The fourth-order valence-electron chi connectivity index (χ4n) is 3.23. The molecule has 2 aromatic rings. The van der Waals surface area contributed by atoms with Crippen molar-refractivity contribution in [1.29, 1.82) is 0 Å². The molecule has 0 amide bonds. The molecule has 0 N–H and O–H groups in total. The zero-order valence-corrected chi connectivity index (χ0v) is 15.8.